The first-order valence-electron chi connectivity index (χ1n) is 3.60. The van der Waals surface area contributed by atoms with Crippen LogP contribution in [-0.2, 0) is 6.42 Å². The van der Waals surface area contributed by atoms with Crippen LogP contribution in [0.5, 0.6) is 0 Å². The standard InChI is InChI=1S/C7H10N4/c1-3-2-4-10-6(3)5(8)7(9)11-4/h3H,2,8H2,1H3,(H2,9,10,11). The lowest BCUT2D eigenvalue weighted by molar-refractivity contribution is 0.792. The van der Waals surface area contributed by atoms with Crippen LogP contribution in [0, 0.1) is 0 Å². The SMILES string of the molecule is CC1Cc2nc(N)c(N)c1n2. The third-order valence-electron chi connectivity index (χ3n) is 2.01. The fourth-order valence-corrected chi connectivity index (χ4v) is 1.39. The van der Waals surface area contributed by atoms with E-state index in [-0.39, 0.29) is 0 Å². The Hall–Kier alpha value is -1.32. The molecule has 0 radical (unpaired) electrons. The summed E-state index contributed by atoms with van der Waals surface area (Å²) in [6, 6.07) is 0. The molecule has 1 aromatic rings. The van der Waals surface area contributed by atoms with Gasteiger partial charge in [-0.3, -0.25) is 0 Å². The van der Waals surface area contributed by atoms with Crippen LogP contribution in [0.4, 0.5) is 11.5 Å². The zero-order chi connectivity index (χ0) is 8.01. The molecule has 0 aliphatic carbocycles. The van der Waals surface area contributed by atoms with Gasteiger partial charge < -0.3 is 11.5 Å². The normalized spacial score (nSPS) is 20.6. The monoisotopic (exact) mass is 150 g/mol. The molecule has 4 nitrogen and oxygen atoms in total. The molecule has 11 heavy (non-hydrogen) atoms. The zero-order valence-corrected chi connectivity index (χ0v) is 6.33. The molecule has 0 fully saturated rings. The molecule has 2 bridgehead atoms. The summed E-state index contributed by atoms with van der Waals surface area (Å²) in [4.78, 5) is 8.25. The summed E-state index contributed by atoms with van der Waals surface area (Å²) in [7, 11) is 0. The quantitative estimate of drug-likeness (QED) is 0.557. The first-order valence-corrected chi connectivity index (χ1v) is 3.60. The van der Waals surface area contributed by atoms with Crippen molar-refractivity contribution in [1.82, 2.24) is 9.97 Å². The van der Waals surface area contributed by atoms with Gasteiger partial charge in [0.1, 0.15) is 5.82 Å². The summed E-state index contributed by atoms with van der Waals surface area (Å²) in [6.07, 6.45) is 0.872. The van der Waals surface area contributed by atoms with Crippen LogP contribution in [0.25, 0.3) is 0 Å². The number of fused-ring (bicyclic) bond motifs is 2. The Morgan fingerprint density at radius 1 is 1.36 bits per heavy atom. The number of hydrogen-bond donors (Lipinski definition) is 2. The second kappa shape index (κ2) is 1.84. The Kier molecular flexibility index (Phi) is 1.07. The molecule has 1 unspecified atom stereocenters. The third-order valence-corrected chi connectivity index (χ3v) is 2.01. The highest BCUT2D eigenvalue weighted by Gasteiger charge is 2.23. The van der Waals surface area contributed by atoms with Gasteiger partial charge in [0.2, 0.25) is 0 Å². The molecule has 1 aliphatic heterocycles. The minimum atomic E-state index is 0.384. The number of anilines is 2. The fourth-order valence-electron chi connectivity index (χ4n) is 1.39. The first kappa shape index (κ1) is 6.39. The second-order valence-electron chi connectivity index (χ2n) is 2.93. The van der Waals surface area contributed by atoms with E-state index in [9.17, 15) is 0 Å². The zero-order valence-electron chi connectivity index (χ0n) is 6.33. The number of nitrogens with two attached hydrogens (primary N) is 2. The average Bonchev–Trinajstić information content (AvgIpc) is 2.24. The summed E-state index contributed by atoms with van der Waals surface area (Å²) in [5.74, 6) is 1.63. The lowest BCUT2D eigenvalue weighted by atomic mass is 10.1. The number of nitrogen functional groups attached to an aromatic ring is 2. The average molecular weight is 150 g/mol. The lowest BCUT2D eigenvalue weighted by Gasteiger charge is -2.02. The van der Waals surface area contributed by atoms with Gasteiger partial charge in [0.15, 0.2) is 5.82 Å². The van der Waals surface area contributed by atoms with Gasteiger partial charge in [0.05, 0.1) is 11.4 Å². The van der Waals surface area contributed by atoms with E-state index in [1.165, 1.54) is 0 Å². The topological polar surface area (TPSA) is 77.8 Å². The number of rotatable bonds is 0. The van der Waals surface area contributed by atoms with Crippen molar-refractivity contribution in [2.45, 2.75) is 19.3 Å². The molecule has 0 saturated carbocycles. The van der Waals surface area contributed by atoms with Crippen molar-refractivity contribution in [3.8, 4) is 0 Å². The number of nitrogens with zero attached hydrogens (tertiary/aromatic N) is 2. The predicted octanol–water partition coefficient (Wildman–Crippen LogP) is 0.301. The summed E-state index contributed by atoms with van der Waals surface area (Å²) in [5.41, 5.74) is 12.7. The first-order chi connectivity index (χ1) is 5.18. The van der Waals surface area contributed by atoms with Gasteiger partial charge in [0.25, 0.3) is 0 Å². The molecule has 0 spiro atoms. The van der Waals surface area contributed by atoms with E-state index in [0.29, 0.717) is 17.4 Å². The Morgan fingerprint density at radius 2 is 2.09 bits per heavy atom. The van der Waals surface area contributed by atoms with Crippen molar-refractivity contribution in [2.24, 2.45) is 0 Å². The second-order valence-corrected chi connectivity index (χ2v) is 2.93. The molecule has 4 heteroatoms. The molecule has 0 amide bonds. The molecule has 1 atom stereocenters. The predicted molar refractivity (Wildman–Crippen MR) is 43.0 cm³/mol. The smallest absolute Gasteiger partial charge is 0.150 e. The van der Waals surface area contributed by atoms with Crippen molar-refractivity contribution in [3.05, 3.63) is 11.5 Å². The Morgan fingerprint density at radius 3 is 2.82 bits per heavy atom. The van der Waals surface area contributed by atoms with E-state index in [2.05, 4.69) is 16.9 Å². The maximum atomic E-state index is 5.67. The molecular formula is C7H10N4. The van der Waals surface area contributed by atoms with Gasteiger partial charge in [-0.2, -0.15) is 0 Å². The molecule has 1 aromatic heterocycles. The third kappa shape index (κ3) is 0.753. The van der Waals surface area contributed by atoms with Crippen LogP contribution in [0.1, 0.15) is 24.4 Å². The molecule has 1 aliphatic rings. The van der Waals surface area contributed by atoms with Crippen LogP contribution < -0.4 is 11.5 Å². The van der Waals surface area contributed by atoms with Crippen LogP contribution in [0.2, 0.25) is 0 Å². The highest BCUT2D eigenvalue weighted by Crippen LogP contribution is 2.31. The summed E-state index contributed by atoms with van der Waals surface area (Å²) in [5, 5.41) is 0. The van der Waals surface area contributed by atoms with Crippen molar-refractivity contribution >= 4 is 11.5 Å². The van der Waals surface area contributed by atoms with Crippen molar-refractivity contribution in [3.63, 3.8) is 0 Å². The maximum absolute atomic E-state index is 5.67. The van der Waals surface area contributed by atoms with Crippen LogP contribution in [-0.4, -0.2) is 9.97 Å². The van der Waals surface area contributed by atoms with Crippen LogP contribution in [0.15, 0.2) is 0 Å². The van der Waals surface area contributed by atoms with Gasteiger partial charge in [-0.25, -0.2) is 9.97 Å². The summed E-state index contributed by atoms with van der Waals surface area (Å²) in [6.45, 7) is 2.08. The number of aromatic nitrogens is 2. The van der Waals surface area contributed by atoms with Gasteiger partial charge >= 0.3 is 0 Å². The summed E-state index contributed by atoms with van der Waals surface area (Å²) >= 11 is 0. The van der Waals surface area contributed by atoms with Crippen LogP contribution in [0.3, 0.4) is 0 Å². The van der Waals surface area contributed by atoms with Gasteiger partial charge in [-0.05, 0) is 0 Å². The van der Waals surface area contributed by atoms with E-state index in [0.717, 1.165) is 17.9 Å². The maximum Gasteiger partial charge on any atom is 0.150 e. The van der Waals surface area contributed by atoms with Gasteiger partial charge in [-0.15, -0.1) is 0 Å². The lowest BCUT2D eigenvalue weighted by Crippen LogP contribution is -2.02. The molecule has 2 rings (SSSR count). The van der Waals surface area contributed by atoms with E-state index in [1.807, 2.05) is 0 Å². The molecule has 0 aromatic carbocycles. The molecule has 0 saturated heterocycles. The Balaban J connectivity index is 2.65. The van der Waals surface area contributed by atoms with E-state index < -0.39 is 0 Å². The van der Waals surface area contributed by atoms with E-state index >= 15 is 0 Å². The van der Waals surface area contributed by atoms with Crippen molar-refractivity contribution in [1.29, 1.82) is 0 Å². The molecule has 2 heterocycles. The van der Waals surface area contributed by atoms with Crippen LogP contribution >= 0.6 is 0 Å². The minimum absolute atomic E-state index is 0.384. The van der Waals surface area contributed by atoms with Crippen molar-refractivity contribution in [2.75, 3.05) is 11.5 Å². The number of hydrogen-bond acceptors (Lipinski definition) is 4. The van der Waals surface area contributed by atoms with Gasteiger partial charge in [-0.1, -0.05) is 6.92 Å². The van der Waals surface area contributed by atoms with Gasteiger partial charge in [0, 0.05) is 12.3 Å². The summed E-state index contributed by atoms with van der Waals surface area (Å²) < 4.78 is 0. The largest absolute Gasteiger partial charge is 0.394 e. The minimum Gasteiger partial charge on any atom is -0.394 e. The highest BCUT2D eigenvalue weighted by molar-refractivity contribution is 5.63. The van der Waals surface area contributed by atoms with E-state index in [4.69, 9.17) is 11.5 Å². The fraction of sp³-hybridized carbons (Fsp3) is 0.429. The Bertz CT molecular complexity index is 308. The van der Waals surface area contributed by atoms with E-state index in [1.54, 1.807) is 0 Å². The van der Waals surface area contributed by atoms with Crippen molar-refractivity contribution < 1.29 is 0 Å². The molecule has 4 N–H and O–H groups in total. The highest BCUT2D eigenvalue weighted by atomic mass is 15.0. The Labute approximate surface area is 64.6 Å². The molecule has 58 valence electrons. The molecular weight excluding hydrogens is 140 g/mol.